The van der Waals surface area contributed by atoms with Crippen LogP contribution < -0.4 is 16.2 Å². The topological polar surface area (TPSA) is 118 Å². The second-order valence-electron chi connectivity index (χ2n) is 4.06. The summed E-state index contributed by atoms with van der Waals surface area (Å²) in [6, 6.07) is 1.65. The maximum atomic E-state index is 11.3. The first-order valence-corrected chi connectivity index (χ1v) is 6.47. The normalized spacial score (nSPS) is 10.5. The highest BCUT2D eigenvalue weighted by atomic mass is 32.1. The first-order valence-electron chi connectivity index (χ1n) is 5.65. The van der Waals surface area contributed by atoms with Gasteiger partial charge in [0.15, 0.2) is 0 Å². The van der Waals surface area contributed by atoms with E-state index in [9.17, 15) is 9.59 Å². The van der Waals surface area contributed by atoms with E-state index >= 15 is 0 Å². The molecule has 0 bridgehead atoms. The zero-order valence-electron chi connectivity index (χ0n) is 10.9. The van der Waals surface area contributed by atoms with E-state index < -0.39 is 11.9 Å². The minimum atomic E-state index is -0.590. The SMILES string of the molecule is CC(=O)OCOc1cc(C)c2c(N)c(C(N)=O)sc2n1. The van der Waals surface area contributed by atoms with Gasteiger partial charge in [-0.25, -0.2) is 4.98 Å². The van der Waals surface area contributed by atoms with Crippen LogP contribution >= 0.6 is 11.3 Å². The van der Waals surface area contributed by atoms with Gasteiger partial charge in [-0.15, -0.1) is 11.3 Å². The van der Waals surface area contributed by atoms with E-state index in [4.69, 9.17) is 16.2 Å². The standard InChI is InChI=1S/C12H13N3O4S/c1-5-3-7(19-4-18-6(2)16)15-12-8(5)9(13)10(20-12)11(14)17/h3H,4,13H2,1-2H3,(H2,14,17). The molecule has 1 amide bonds. The van der Waals surface area contributed by atoms with Crippen LogP contribution in [-0.4, -0.2) is 23.7 Å². The first kappa shape index (κ1) is 14.1. The number of hydrogen-bond donors (Lipinski definition) is 2. The Morgan fingerprint density at radius 3 is 2.75 bits per heavy atom. The molecular formula is C12H13N3O4S. The van der Waals surface area contributed by atoms with Crippen molar-refractivity contribution in [2.24, 2.45) is 5.73 Å². The maximum absolute atomic E-state index is 11.3. The number of anilines is 1. The van der Waals surface area contributed by atoms with Crippen molar-refractivity contribution in [1.29, 1.82) is 0 Å². The summed E-state index contributed by atoms with van der Waals surface area (Å²) in [7, 11) is 0. The van der Waals surface area contributed by atoms with Crippen molar-refractivity contribution in [2.45, 2.75) is 13.8 Å². The van der Waals surface area contributed by atoms with Gasteiger partial charge in [-0.1, -0.05) is 0 Å². The van der Waals surface area contributed by atoms with Gasteiger partial charge in [0.2, 0.25) is 12.7 Å². The predicted octanol–water partition coefficient (Wildman–Crippen LogP) is 1.19. The summed E-state index contributed by atoms with van der Waals surface area (Å²) in [5, 5.41) is 0.684. The highest BCUT2D eigenvalue weighted by molar-refractivity contribution is 7.21. The Labute approximate surface area is 118 Å². The number of pyridine rings is 1. The average molecular weight is 295 g/mol. The second-order valence-corrected chi connectivity index (χ2v) is 5.06. The number of amides is 1. The molecule has 0 saturated carbocycles. The molecule has 0 unspecified atom stereocenters. The summed E-state index contributed by atoms with van der Waals surface area (Å²) in [6.45, 7) is 2.87. The molecule has 0 aliphatic heterocycles. The van der Waals surface area contributed by atoms with E-state index in [1.807, 2.05) is 6.92 Å². The molecule has 0 saturated heterocycles. The number of carbonyl (C=O) groups is 2. The molecule has 0 aliphatic carbocycles. The molecule has 0 fully saturated rings. The lowest BCUT2D eigenvalue weighted by Crippen LogP contribution is -2.10. The monoisotopic (exact) mass is 295 g/mol. The predicted molar refractivity (Wildman–Crippen MR) is 74.5 cm³/mol. The van der Waals surface area contributed by atoms with Crippen molar-refractivity contribution >= 4 is 39.1 Å². The Balaban J connectivity index is 2.37. The molecule has 106 valence electrons. The lowest BCUT2D eigenvalue weighted by molar-refractivity contribution is -0.147. The molecule has 0 radical (unpaired) electrons. The number of ether oxygens (including phenoxy) is 2. The Morgan fingerprint density at radius 2 is 2.15 bits per heavy atom. The largest absolute Gasteiger partial charge is 0.440 e. The molecule has 4 N–H and O–H groups in total. The number of aromatic nitrogens is 1. The van der Waals surface area contributed by atoms with Crippen molar-refractivity contribution in [1.82, 2.24) is 4.98 Å². The molecule has 20 heavy (non-hydrogen) atoms. The van der Waals surface area contributed by atoms with Gasteiger partial charge in [0.05, 0.1) is 5.69 Å². The number of primary amides is 1. The minimum Gasteiger partial charge on any atom is -0.440 e. The quantitative estimate of drug-likeness (QED) is 0.646. The number of nitrogen functional groups attached to an aromatic ring is 1. The van der Waals surface area contributed by atoms with Crippen LogP contribution in [0.25, 0.3) is 10.2 Å². The van der Waals surface area contributed by atoms with Gasteiger partial charge >= 0.3 is 5.97 Å². The summed E-state index contributed by atoms with van der Waals surface area (Å²) in [5.41, 5.74) is 12.3. The zero-order valence-corrected chi connectivity index (χ0v) is 11.7. The van der Waals surface area contributed by atoms with Crippen LogP contribution in [0.15, 0.2) is 6.07 Å². The van der Waals surface area contributed by atoms with Gasteiger partial charge in [-0.3, -0.25) is 9.59 Å². The molecule has 0 spiro atoms. The zero-order chi connectivity index (χ0) is 14.9. The van der Waals surface area contributed by atoms with Crippen LogP contribution in [0, 0.1) is 6.92 Å². The van der Waals surface area contributed by atoms with Crippen LogP contribution in [0.5, 0.6) is 5.88 Å². The van der Waals surface area contributed by atoms with Crippen LogP contribution in [0.4, 0.5) is 5.69 Å². The lowest BCUT2D eigenvalue weighted by Gasteiger charge is -2.06. The van der Waals surface area contributed by atoms with Gasteiger partial charge < -0.3 is 20.9 Å². The maximum Gasteiger partial charge on any atom is 0.305 e. The number of aryl methyl sites for hydroxylation is 1. The number of esters is 1. The van der Waals surface area contributed by atoms with Crippen LogP contribution in [-0.2, 0) is 9.53 Å². The number of rotatable bonds is 4. The number of thiophene rings is 1. The third kappa shape index (κ3) is 2.64. The first-order chi connectivity index (χ1) is 9.40. The molecule has 2 aromatic rings. The fourth-order valence-corrected chi connectivity index (χ4v) is 2.73. The van der Waals surface area contributed by atoms with E-state index in [-0.39, 0.29) is 17.6 Å². The molecule has 0 aliphatic rings. The number of nitrogens with two attached hydrogens (primary N) is 2. The van der Waals surface area contributed by atoms with Gasteiger partial charge in [-0.05, 0) is 12.5 Å². The van der Waals surface area contributed by atoms with Crippen molar-refractivity contribution in [3.63, 3.8) is 0 Å². The van der Waals surface area contributed by atoms with Crippen LogP contribution in [0.2, 0.25) is 0 Å². The number of carbonyl (C=O) groups excluding carboxylic acids is 2. The van der Waals surface area contributed by atoms with Gasteiger partial charge in [-0.2, -0.15) is 0 Å². The molecule has 2 heterocycles. The summed E-state index contributed by atoms with van der Waals surface area (Å²) in [5.74, 6) is -0.750. The Morgan fingerprint density at radius 1 is 1.45 bits per heavy atom. The fourth-order valence-electron chi connectivity index (χ4n) is 1.71. The summed E-state index contributed by atoms with van der Waals surface area (Å²) < 4.78 is 9.88. The van der Waals surface area contributed by atoms with Crippen molar-refractivity contribution in [2.75, 3.05) is 12.5 Å². The van der Waals surface area contributed by atoms with E-state index in [2.05, 4.69) is 9.72 Å². The Kier molecular flexibility index (Phi) is 3.75. The number of nitrogens with zero attached hydrogens (tertiary/aromatic N) is 1. The highest BCUT2D eigenvalue weighted by Crippen LogP contribution is 2.35. The van der Waals surface area contributed by atoms with Gasteiger partial charge in [0.25, 0.3) is 5.91 Å². The molecule has 0 aromatic carbocycles. The van der Waals surface area contributed by atoms with E-state index in [1.54, 1.807) is 6.07 Å². The van der Waals surface area contributed by atoms with Crippen LogP contribution in [0.3, 0.4) is 0 Å². The highest BCUT2D eigenvalue weighted by Gasteiger charge is 2.17. The Bertz CT molecular complexity index is 696. The summed E-state index contributed by atoms with van der Waals surface area (Å²) in [6.07, 6.45) is 0. The molecule has 0 atom stereocenters. The van der Waals surface area contributed by atoms with Crippen molar-refractivity contribution < 1.29 is 19.1 Å². The van der Waals surface area contributed by atoms with Gasteiger partial charge in [0, 0.05) is 18.4 Å². The number of hydrogen-bond acceptors (Lipinski definition) is 7. The average Bonchev–Trinajstić information content (AvgIpc) is 2.66. The van der Waals surface area contributed by atoms with Crippen LogP contribution in [0.1, 0.15) is 22.2 Å². The van der Waals surface area contributed by atoms with Crippen molar-refractivity contribution in [3.05, 3.63) is 16.5 Å². The third-order valence-corrected chi connectivity index (χ3v) is 3.68. The number of fused-ring (bicyclic) bond motifs is 1. The smallest absolute Gasteiger partial charge is 0.305 e. The molecule has 8 heteroatoms. The molecule has 2 aromatic heterocycles. The van der Waals surface area contributed by atoms with E-state index in [0.29, 0.717) is 15.9 Å². The lowest BCUT2D eigenvalue weighted by atomic mass is 10.1. The Hall–Kier alpha value is -2.35. The molecular weight excluding hydrogens is 282 g/mol. The third-order valence-electron chi connectivity index (χ3n) is 2.57. The molecule has 2 rings (SSSR count). The summed E-state index contributed by atoms with van der Waals surface area (Å²) >= 11 is 1.10. The minimum absolute atomic E-state index is 0.225. The van der Waals surface area contributed by atoms with E-state index in [1.165, 1.54) is 6.92 Å². The van der Waals surface area contributed by atoms with Crippen molar-refractivity contribution in [3.8, 4) is 5.88 Å². The van der Waals surface area contributed by atoms with E-state index in [0.717, 1.165) is 16.9 Å². The summed E-state index contributed by atoms with van der Waals surface area (Å²) in [4.78, 5) is 27.0. The second kappa shape index (κ2) is 5.33. The molecule has 7 nitrogen and oxygen atoms in total. The van der Waals surface area contributed by atoms with Gasteiger partial charge in [0.1, 0.15) is 9.71 Å². The fraction of sp³-hybridized carbons (Fsp3) is 0.250.